The van der Waals surface area contributed by atoms with E-state index in [1.54, 1.807) is 26.0 Å². The molecule has 1 aliphatic carbocycles. The number of hydrogen-bond donors (Lipinski definition) is 5. The summed E-state index contributed by atoms with van der Waals surface area (Å²) in [7, 11) is 1.32. The number of nitrogens with one attached hydrogen (secondary N) is 4. The third-order valence-electron chi connectivity index (χ3n) is 7.41. The van der Waals surface area contributed by atoms with Crippen molar-refractivity contribution in [3.05, 3.63) is 34.6 Å². The summed E-state index contributed by atoms with van der Waals surface area (Å²) in [6.07, 6.45) is 4.05. The van der Waals surface area contributed by atoms with Crippen LogP contribution in [0.15, 0.2) is 18.3 Å². The van der Waals surface area contributed by atoms with E-state index in [1.807, 2.05) is 0 Å². The first-order valence-electron chi connectivity index (χ1n) is 14.1. The van der Waals surface area contributed by atoms with Crippen LogP contribution in [0.5, 0.6) is 0 Å². The molecule has 1 amide bonds. The van der Waals surface area contributed by atoms with E-state index in [0.29, 0.717) is 65.9 Å². The molecule has 0 bridgehead atoms. The van der Waals surface area contributed by atoms with Crippen LogP contribution in [0.3, 0.4) is 0 Å². The number of nitriles is 2. The number of piperidine rings is 1. The van der Waals surface area contributed by atoms with Crippen LogP contribution in [0, 0.1) is 22.7 Å². The van der Waals surface area contributed by atoms with E-state index >= 15 is 0 Å². The highest BCUT2D eigenvalue weighted by Crippen LogP contribution is 2.37. The van der Waals surface area contributed by atoms with E-state index in [2.05, 4.69) is 53.4 Å². The summed E-state index contributed by atoms with van der Waals surface area (Å²) in [6.45, 7) is 5.02. The van der Waals surface area contributed by atoms with Gasteiger partial charge in [0.1, 0.15) is 6.07 Å². The SMILES string of the molecule is COC(=O)N[C@H]1CCN(c2cc(C#N)cc(Nc3nc(NC4CC4)c4ncc(C#N)n4n3)c2Cl)C[C@@H]1NCCC(C)(C)O. The highest BCUT2D eigenvalue weighted by Gasteiger charge is 2.32. The van der Waals surface area contributed by atoms with Crippen molar-refractivity contribution >= 4 is 46.5 Å². The number of hydrogen-bond acceptors (Lipinski definition) is 12. The van der Waals surface area contributed by atoms with Crippen molar-refractivity contribution < 1.29 is 14.6 Å². The Bertz CT molecular complexity index is 1590. The fourth-order valence-corrected chi connectivity index (χ4v) is 5.24. The largest absolute Gasteiger partial charge is 0.453 e. The molecule has 1 saturated carbocycles. The summed E-state index contributed by atoms with van der Waals surface area (Å²) < 4.78 is 6.25. The molecule has 0 spiro atoms. The first-order valence-corrected chi connectivity index (χ1v) is 14.4. The average Bonchev–Trinajstić information content (AvgIpc) is 3.69. The Hall–Kier alpha value is -4.37. The standard InChI is InChI=1S/C28H34ClN11O3/c1-28(2,42)7-8-32-21-15-39(9-6-19(21)36-27(41)43-3)22-11-16(12-30)10-20(23(22)29)35-26-37-24(34-17-4-5-17)25-33-14-18(13-31)40(25)38-26/h10-11,14,17,19,21,32,42H,4-9,15H2,1-3H3,(H,36,41)(H2,34,35,37,38)/t19-,21-/m0/s1. The maximum Gasteiger partial charge on any atom is 0.407 e. The third kappa shape index (κ3) is 7.17. The van der Waals surface area contributed by atoms with Crippen molar-refractivity contribution in [1.82, 2.24) is 30.2 Å². The number of fused-ring (bicyclic) bond motifs is 1. The maximum absolute atomic E-state index is 12.0. The van der Waals surface area contributed by atoms with Crippen molar-refractivity contribution in [3.8, 4) is 12.1 Å². The van der Waals surface area contributed by atoms with E-state index in [1.165, 1.54) is 17.8 Å². The number of methoxy groups -OCH3 is 1. The molecule has 5 N–H and O–H groups in total. The van der Waals surface area contributed by atoms with Crippen LogP contribution >= 0.6 is 11.6 Å². The lowest BCUT2D eigenvalue weighted by Crippen LogP contribution is -2.60. The summed E-state index contributed by atoms with van der Waals surface area (Å²) >= 11 is 6.97. The summed E-state index contributed by atoms with van der Waals surface area (Å²) in [5.74, 6) is 0.676. The molecule has 2 aromatic heterocycles. The van der Waals surface area contributed by atoms with Crippen LogP contribution in [0.4, 0.5) is 27.9 Å². The Morgan fingerprint density at radius 3 is 2.70 bits per heavy atom. The van der Waals surface area contributed by atoms with Gasteiger partial charge in [-0.25, -0.2) is 9.78 Å². The predicted molar refractivity (Wildman–Crippen MR) is 160 cm³/mol. The third-order valence-corrected chi connectivity index (χ3v) is 7.81. The summed E-state index contributed by atoms with van der Waals surface area (Å²) in [6, 6.07) is 7.51. The van der Waals surface area contributed by atoms with Gasteiger partial charge < -0.3 is 36.0 Å². The zero-order valence-corrected chi connectivity index (χ0v) is 24.9. The molecule has 43 heavy (non-hydrogen) atoms. The summed E-state index contributed by atoms with van der Waals surface area (Å²) in [5.41, 5.74) is 1.28. The average molecular weight is 608 g/mol. The van der Waals surface area contributed by atoms with E-state index in [0.717, 1.165) is 12.8 Å². The van der Waals surface area contributed by atoms with Gasteiger partial charge in [-0.2, -0.15) is 20.0 Å². The number of carbonyl (C=O) groups excluding carboxylic acids is 1. The van der Waals surface area contributed by atoms with Crippen molar-refractivity contribution in [1.29, 1.82) is 10.5 Å². The molecule has 5 rings (SSSR count). The second-order valence-electron chi connectivity index (χ2n) is 11.4. The second-order valence-corrected chi connectivity index (χ2v) is 11.8. The fourth-order valence-electron chi connectivity index (χ4n) is 4.97. The number of aliphatic hydroxyl groups is 1. The zero-order valence-electron chi connectivity index (χ0n) is 24.2. The quantitative estimate of drug-likeness (QED) is 0.227. The molecule has 1 aromatic carbocycles. The number of aromatic nitrogens is 4. The summed E-state index contributed by atoms with van der Waals surface area (Å²) in [4.78, 5) is 23.0. The van der Waals surface area contributed by atoms with E-state index in [4.69, 9.17) is 16.3 Å². The van der Waals surface area contributed by atoms with Crippen molar-refractivity contribution in [2.75, 3.05) is 42.3 Å². The van der Waals surface area contributed by atoms with Gasteiger partial charge in [-0.05, 0) is 58.2 Å². The number of benzene rings is 1. The predicted octanol–water partition coefficient (Wildman–Crippen LogP) is 2.89. The van der Waals surface area contributed by atoms with Gasteiger partial charge in [-0.3, -0.25) is 0 Å². The van der Waals surface area contributed by atoms with Gasteiger partial charge in [0.2, 0.25) is 5.95 Å². The molecular weight excluding hydrogens is 574 g/mol. The van der Waals surface area contributed by atoms with Crippen LogP contribution in [-0.4, -0.2) is 81.3 Å². The van der Waals surface area contributed by atoms with Gasteiger partial charge in [0, 0.05) is 25.2 Å². The van der Waals surface area contributed by atoms with Gasteiger partial charge in [-0.15, -0.1) is 5.10 Å². The fraction of sp³-hybridized carbons (Fsp3) is 0.500. The number of nitrogens with zero attached hydrogens (tertiary/aromatic N) is 7. The smallest absolute Gasteiger partial charge is 0.407 e. The van der Waals surface area contributed by atoms with Gasteiger partial charge in [0.25, 0.3) is 0 Å². The molecule has 15 heteroatoms. The van der Waals surface area contributed by atoms with Crippen LogP contribution in [-0.2, 0) is 4.74 Å². The Morgan fingerprint density at radius 2 is 2.02 bits per heavy atom. The molecule has 3 aromatic rings. The van der Waals surface area contributed by atoms with Gasteiger partial charge in [0.15, 0.2) is 17.2 Å². The van der Waals surface area contributed by atoms with Crippen LogP contribution in [0.1, 0.15) is 50.8 Å². The number of ether oxygens (including phenoxy) is 1. The molecule has 0 unspecified atom stereocenters. The van der Waals surface area contributed by atoms with Gasteiger partial charge >= 0.3 is 6.09 Å². The maximum atomic E-state index is 12.0. The molecule has 3 heterocycles. The molecule has 2 fully saturated rings. The Labute approximate surface area is 254 Å². The number of carbonyl (C=O) groups is 1. The van der Waals surface area contributed by atoms with E-state index in [-0.39, 0.29) is 29.8 Å². The second kappa shape index (κ2) is 12.5. The monoisotopic (exact) mass is 607 g/mol. The van der Waals surface area contributed by atoms with Crippen LogP contribution in [0.25, 0.3) is 5.65 Å². The van der Waals surface area contributed by atoms with Gasteiger partial charge in [-0.1, -0.05) is 11.6 Å². The number of anilines is 4. The minimum Gasteiger partial charge on any atom is -0.453 e. The minimum atomic E-state index is -0.846. The van der Waals surface area contributed by atoms with Crippen molar-refractivity contribution in [3.63, 3.8) is 0 Å². The minimum absolute atomic E-state index is 0.181. The molecular formula is C28H34ClN11O3. The van der Waals surface area contributed by atoms with Crippen LogP contribution < -0.4 is 26.2 Å². The topological polar surface area (TPSA) is 189 Å². The Balaban J connectivity index is 1.43. The lowest BCUT2D eigenvalue weighted by molar-refractivity contribution is 0.0695. The molecule has 2 aliphatic rings. The van der Waals surface area contributed by atoms with Crippen molar-refractivity contribution in [2.45, 2.75) is 63.3 Å². The first-order chi connectivity index (χ1) is 20.6. The zero-order chi connectivity index (χ0) is 30.7. The lowest BCUT2D eigenvalue weighted by atomic mass is 9.97. The number of halogens is 1. The molecule has 226 valence electrons. The van der Waals surface area contributed by atoms with Gasteiger partial charge in [0.05, 0.1) is 53.0 Å². The number of rotatable bonds is 10. The molecule has 1 saturated heterocycles. The Kier molecular flexibility index (Phi) is 8.73. The number of alkyl carbamates (subject to hydrolysis) is 1. The number of amides is 1. The normalized spacial score (nSPS) is 18.5. The van der Waals surface area contributed by atoms with Crippen molar-refractivity contribution in [2.24, 2.45) is 0 Å². The molecule has 1 aliphatic heterocycles. The molecule has 14 nitrogen and oxygen atoms in total. The molecule has 2 atom stereocenters. The van der Waals surface area contributed by atoms with Crippen LogP contribution in [0.2, 0.25) is 5.02 Å². The van der Waals surface area contributed by atoms with E-state index in [9.17, 15) is 20.4 Å². The Morgan fingerprint density at radius 1 is 1.23 bits per heavy atom. The summed E-state index contributed by atoms with van der Waals surface area (Å²) in [5, 5.41) is 47.3. The molecule has 0 radical (unpaired) electrons. The lowest BCUT2D eigenvalue weighted by Gasteiger charge is -2.41. The first kappa shape index (κ1) is 30.1. The highest BCUT2D eigenvalue weighted by atomic mass is 35.5. The number of imidazole rings is 1. The van der Waals surface area contributed by atoms with E-state index < -0.39 is 11.7 Å². The highest BCUT2D eigenvalue weighted by molar-refractivity contribution is 6.36.